The van der Waals surface area contributed by atoms with Gasteiger partial charge in [-0.15, -0.1) is 0 Å². The Hall–Kier alpha value is -0.930. The number of nitrogens with zero attached hydrogens (tertiary/aromatic N) is 2. The summed E-state index contributed by atoms with van der Waals surface area (Å²) >= 11 is 0. The molecule has 4 heteroatoms. The van der Waals surface area contributed by atoms with E-state index in [1.54, 1.807) is 0 Å². The molecule has 4 nitrogen and oxygen atoms in total. The van der Waals surface area contributed by atoms with Crippen LogP contribution >= 0.6 is 0 Å². The lowest BCUT2D eigenvalue weighted by Gasteiger charge is -2.13. The summed E-state index contributed by atoms with van der Waals surface area (Å²) in [5.41, 5.74) is 0. The number of hydrogen-bond acceptors (Lipinski definition) is 4. The van der Waals surface area contributed by atoms with Gasteiger partial charge in [0, 0.05) is 0 Å². The average Bonchev–Trinajstić information content (AvgIpc) is 2.72. The lowest BCUT2D eigenvalue weighted by molar-refractivity contribution is -0.142. The molecular formula is C10H16N2O2. The molecule has 0 aromatic rings. The first-order valence-corrected chi connectivity index (χ1v) is 5.40. The lowest BCUT2D eigenvalue weighted by Crippen LogP contribution is -2.22. The van der Waals surface area contributed by atoms with Crippen LogP contribution in [0.15, 0.2) is 10.2 Å². The fourth-order valence-corrected chi connectivity index (χ4v) is 2.13. The first-order valence-electron chi connectivity index (χ1n) is 5.40. The number of azo groups is 1. The lowest BCUT2D eigenvalue weighted by atomic mass is 9.94. The third-order valence-corrected chi connectivity index (χ3v) is 2.98. The van der Waals surface area contributed by atoms with Gasteiger partial charge in [-0.1, -0.05) is 19.8 Å². The molecule has 0 spiro atoms. The van der Waals surface area contributed by atoms with Crippen LogP contribution in [0.3, 0.4) is 0 Å². The van der Waals surface area contributed by atoms with Crippen molar-refractivity contribution >= 4 is 5.97 Å². The fourth-order valence-electron chi connectivity index (χ4n) is 2.13. The zero-order valence-electron chi connectivity index (χ0n) is 8.48. The quantitative estimate of drug-likeness (QED) is 0.509. The maximum Gasteiger partial charge on any atom is 0.333 e. The average molecular weight is 196 g/mol. The Kier molecular flexibility index (Phi) is 2.79. The Balaban J connectivity index is 1.86. The topological polar surface area (TPSA) is 51.0 Å². The van der Waals surface area contributed by atoms with E-state index in [-0.39, 0.29) is 24.0 Å². The summed E-state index contributed by atoms with van der Waals surface area (Å²) in [6.45, 7) is 2.84. The molecule has 0 aromatic heterocycles. The number of carbonyl (C=O) groups is 1. The highest BCUT2D eigenvalue weighted by molar-refractivity contribution is 5.79. The Bertz CT molecular complexity index is 253. The van der Waals surface area contributed by atoms with Crippen molar-refractivity contribution in [3.63, 3.8) is 0 Å². The third kappa shape index (κ3) is 1.65. The van der Waals surface area contributed by atoms with Crippen molar-refractivity contribution in [2.45, 2.75) is 44.8 Å². The number of ether oxygens (including phenoxy) is 1. The molecule has 0 saturated carbocycles. The highest BCUT2D eigenvalue weighted by Crippen LogP contribution is 2.32. The molecule has 0 aromatic carbocycles. The zero-order chi connectivity index (χ0) is 9.97. The second-order valence-corrected chi connectivity index (χ2v) is 4.02. The molecule has 78 valence electrons. The van der Waals surface area contributed by atoms with Gasteiger partial charge in [0.25, 0.3) is 0 Å². The molecule has 0 bridgehead atoms. The standard InChI is InChI=1S/C10H16N2O2/c1-2-3-4-5-8-7-6-11-12-9(7)10(13)14-8/h7-9H,2-6H2,1H3/t7-,8-,9-/m1/s1. The number of unbranched alkanes of at least 4 members (excludes halogenated alkanes) is 2. The summed E-state index contributed by atoms with van der Waals surface area (Å²) in [6, 6.07) is -0.276. The van der Waals surface area contributed by atoms with Crippen molar-refractivity contribution < 1.29 is 9.53 Å². The number of rotatable bonds is 4. The van der Waals surface area contributed by atoms with Crippen molar-refractivity contribution in [2.24, 2.45) is 16.1 Å². The fraction of sp³-hybridized carbons (Fsp3) is 0.900. The second kappa shape index (κ2) is 4.07. The first-order chi connectivity index (χ1) is 6.83. The van der Waals surface area contributed by atoms with E-state index in [0.717, 1.165) is 12.8 Å². The van der Waals surface area contributed by atoms with Gasteiger partial charge in [-0.3, -0.25) is 0 Å². The molecule has 2 heterocycles. The molecule has 1 saturated heterocycles. The van der Waals surface area contributed by atoms with E-state index in [4.69, 9.17) is 4.74 Å². The van der Waals surface area contributed by atoms with E-state index in [9.17, 15) is 4.79 Å². The van der Waals surface area contributed by atoms with Gasteiger partial charge in [-0.25, -0.2) is 4.79 Å². The SMILES string of the molecule is CCCCC[C@H]1OC(=O)[C@@H]2N=NC[C@H]12. The normalized spacial score (nSPS) is 34.6. The highest BCUT2D eigenvalue weighted by Gasteiger charge is 2.46. The minimum absolute atomic E-state index is 0.0778. The van der Waals surface area contributed by atoms with Gasteiger partial charge in [0.05, 0.1) is 12.5 Å². The molecule has 0 aliphatic carbocycles. The first kappa shape index (κ1) is 9.62. The van der Waals surface area contributed by atoms with Gasteiger partial charge in [0.2, 0.25) is 0 Å². The van der Waals surface area contributed by atoms with Gasteiger partial charge in [-0.05, 0) is 12.8 Å². The van der Waals surface area contributed by atoms with E-state index in [1.807, 2.05) is 0 Å². The smallest absolute Gasteiger partial charge is 0.333 e. The molecule has 3 atom stereocenters. The summed E-state index contributed by atoms with van der Waals surface area (Å²) in [5.74, 6) is 0.0668. The molecule has 14 heavy (non-hydrogen) atoms. The molecule has 0 unspecified atom stereocenters. The van der Waals surface area contributed by atoms with E-state index >= 15 is 0 Å². The van der Waals surface area contributed by atoms with Crippen molar-refractivity contribution in [1.29, 1.82) is 0 Å². The van der Waals surface area contributed by atoms with Gasteiger partial charge in [0.1, 0.15) is 6.10 Å². The van der Waals surface area contributed by atoms with Crippen LogP contribution in [-0.4, -0.2) is 24.7 Å². The summed E-state index contributed by atoms with van der Waals surface area (Å²) in [4.78, 5) is 11.3. The van der Waals surface area contributed by atoms with E-state index < -0.39 is 0 Å². The van der Waals surface area contributed by atoms with E-state index in [2.05, 4.69) is 17.2 Å². The maximum absolute atomic E-state index is 11.3. The Morgan fingerprint density at radius 2 is 2.36 bits per heavy atom. The van der Waals surface area contributed by atoms with Crippen LogP contribution in [0.4, 0.5) is 0 Å². The molecular weight excluding hydrogens is 180 g/mol. The second-order valence-electron chi connectivity index (χ2n) is 4.02. The Labute approximate surface area is 83.7 Å². The van der Waals surface area contributed by atoms with Crippen LogP contribution < -0.4 is 0 Å². The van der Waals surface area contributed by atoms with Crippen LogP contribution in [-0.2, 0) is 9.53 Å². The van der Waals surface area contributed by atoms with E-state index in [0.29, 0.717) is 6.54 Å². The summed E-state index contributed by atoms with van der Waals surface area (Å²) in [6.07, 6.45) is 4.60. The molecule has 1 fully saturated rings. The number of cyclic esters (lactones) is 1. The number of hydrogen-bond donors (Lipinski definition) is 0. The van der Waals surface area contributed by atoms with Crippen molar-refractivity contribution in [2.75, 3.05) is 6.54 Å². The molecule has 2 aliphatic heterocycles. The van der Waals surface area contributed by atoms with Crippen LogP contribution in [0.1, 0.15) is 32.6 Å². The molecule has 0 radical (unpaired) electrons. The van der Waals surface area contributed by atoms with Gasteiger partial charge in [-0.2, -0.15) is 10.2 Å². The predicted octanol–water partition coefficient (Wildman–Crippen LogP) is 1.94. The maximum atomic E-state index is 11.3. The monoisotopic (exact) mass is 196 g/mol. The number of esters is 1. The summed E-state index contributed by atoms with van der Waals surface area (Å²) < 4.78 is 5.28. The zero-order valence-corrected chi connectivity index (χ0v) is 8.48. The molecule has 2 rings (SSSR count). The Morgan fingerprint density at radius 3 is 3.14 bits per heavy atom. The number of carbonyl (C=O) groups excluding carboxylic acids is 1. The molecule has 0 N–H and O–H groups in total. The van der Waals surface area contributed by atoms with Crippen molar-refractivity contribution in [1.82, 2.24) is 0 Å². The highest BCUT2D eigenvalue weighted by atomic mass is 16.6. The Morgan fingerprint density at radius 1 is 1.50 bits per heavy atom. The summed E-state index contributed by atoms with van der Waals surface area (Å²) in [5, 5.41) is 7.83. The van der Waals surface area contributed by atoms with Crippen LogP contribution in [0.2, 0.25) is 0 Å². The predicted molar refractivity (Wildman–Crippen MR) is 51.0 cm³/mol. The molecule has 0 amide bonds. The summed E-state index contributed by atoms with van der Waals surface area (Å²) in [7, 11) is 0. The van der Waals surface area contributed by atoms with Crippen LogP contribution in [0.25, 0.3) is 0 Å². The minimum atomic E-state index is -0.276. The van der Waals surface area contributed by atoms with Gasteiger partial charge in [0.15, 0.2) is 6.04 Å². The van der Waals surface area contributed by atoms with Gasteiger partial charge >= 0.3 is 5.97 Å². The van der Waals surface area contributed by atoms with Crippen molar-refractivity contribution in [3.05, 3.63) is 0 Å². The third-order valence-electron chi connectivity index (χ3n) is 2.98. The largest absolute Gasteiger partial charge is 0.460 e. The minimum Gasteiger partial charge on any atom is -0.460 e. The van der Waals surface area contributed by atoms with E-state index in [1.165, 1.54) is 12.8 Å². The van der Waals surface area contributed by atoms with Crippen molar-refractivity contribution in [3.8, 4) is 0 Å². The van der Waals surface area contributed by atoms with Gasteiger partial charge < -0.3 is 4.74 Å². The number of fused-ring (bicyclic) bond motifs is 1. The molecule has 2 aliphatic rings. The van der Waals surface area contributed by atoms with Crippen LogP contribution in [0, 0.1) is 5.92 Å². The van der Waals surface area contributed by atoms with Crippen LogP contribution in [0.5, 0.6) is 0 Å².